The molecule has 9 heteroatoms. The van der Waals surface area contributed by atoms with Crippen LogP contribution in [0.4, 0.5) is 0 Å². The summed E-state index contributed by atoms with van der Waals surface area (Å²) in [5.74, 6) is -1.62. The van der Waals surface area contributed by atoms with Gasteiger partial charge in [0.1, 0.15) is 11.6 Å². The Labute approximate surface area is 187 Å². The van der Waals surface area contributed by atoms with Gasteiger partial charge in [-0.3, -0.25) is 4.79 Å². The van der Waals surface area contributed by atoms with Crippen molar-refractivity contribution in [3.63, 3.8) is 0 Å². The van der Waals surface area contributed by atoms with Crippen molar-refractivity contribution in [2.24, 2.45) is 5.41 Å². The lowest BCUT2D eigenvalue weighted by Gasteiger charge is -2.45. The molecule has 2 aromatic rings. The van der Waals surface area contributed by atoms with Gasteiger partial charge in [0.25, 0.3) is 0 Å². The molecule has 1 aliphatic rings. The zero-order valence-electron chi connectivity index (χ0n) is 18.2. The summed E-state index contributed by atoms with van der Waals surface area (Å²) in [5, 5.41) is 12.0. The Morgan fingerprint density at radius 3 is 2.29 bits per heavy atom. The van der Waals surface area contributed by atoms with Crippen LogP contribution in [0.3, 0.4) is 0 Å². The second-order valence-electron chi connectivity index (χ2n) is 9.10. The zero-order chi connectivity index (χ0) is 23.4. The van der Waals surface area contributed by atoms with Crippen molar-refractivity contribution in [1.29, 1.82) is 0 Å². The van der Waals surface area contributed by atoms with Crippen LogP contribution in [0.15, 0.2) is 41.3 Å². The van der Waals surface area contributed by atoms with E-state index >= 15 is 0 Å². The molecule has 0 unspecified atom stereocenters. The SMILES string of the molecule is CN([C@@H]1CCN([C@@](C)(C(=O)O)C(C)(C)C)C1=O)S(=O)(=O)c1ccc2cc(Cl)ccc2c1. The molecule has 1 heterocycles. The summed E-state index contributed by atoms with van der Waals surface area (Å²) < 4.78 is 27.6. The molecule has 0 bridgehead atoms. The number of carboxylic acids is 1. The average molecular weight is 467 g/mol. The normalized spacial score (nSPS) is 19.8. The monoisotopic (exact) mass is 466 g/mol. The molecule has 7 nitrogen and oxygen atoms in total. The van der Waals surface area contributed by atoms with Crippen molar-refractivity contribution < 1.29 is 23.1 Å². The quantitative estimate of drug-likeness (QED) is 0.726. The summed E-state index contributed by atoms with van der Waals surface area (Å²) in [7, 11) is -2.61. The van der Waals surface area contributed by atoms with Crippen LogP contribution < -0.4 is 0 Å². The third-order valence-corrected chi connectivity index (χ3v) is 8.58. The highest BCUT2D eigenvalue weighted by Gasteiger charge is 2.55. The molecule has 2 atom stereocenters. The Bertz CT molecular complexity index is 1160. The van der Waals surface area contributed by atoms with Crippen molar-refractivity contribution in [2.45, 2.75) is 50.6 Å². The number of aliphatic carboxylic acids is 1. The molecule has 0 saturated carbocycles. The van der Waals surface area contributed by atoms with Gasteiger partial charge in [0.2, 0.25) is 15.9 Å². The molecular formula is C22H27ClN2O5S. The number of nitrogens with zero attached hydrogens (tertiary/aromatic N) is 2. The molecule has 1 fully saturated rings. The topological polar surface area (TPSA) is 95.0 Å². The number of sulfonamides is 1. The molecular weight excluding hydrogens is 440 g/mol. The number of hydrogen-bond donors (Lipinski definition) is 1. The van der Waals surface area contributed by atoms with Crippen molar-refractivity contribution in [3.05, 3.63) is 41.4 Å². The van der Waals surface area contributed by atoms with E-state index < -0.39 is 38.9 Å². The number of carboxylic acid groups (broad SMARTS) is 1. The number of benzene rings is 2. The average Bonchev–Trinajstić information content (AvgIpc) is 3.06. The molecule has 3 rings (SSSR count). The highest BCUT2D eigenvalue weighted by Crippen LogP contribution is 2.39. The molecule has 0 radical (unpaired) electrons. The number of carbonyl (C=O) groups excluding carboxylic acids is 1. The van der Waals surface area contributed by atoms with Crippen LogP contribution in [0.2, 0.25) is 5.02 Å². The molecule has 0 spiro atoms. The van der Waals surface area contributed by atoms with Crippen LogP contribution in [0.5, 0.6) is 0 Å². The van der Waals surface area contributed by atoms with Gasteiger partial charge in [-0.25, -0.2) is 13.2 Å². The van der Waals surface area contributed by atoms with Gasteiger partial charge >= 0.3 is 5.97 Å². The Kier molecular flexibility index (Phi) is 5.88. The van der Waals surface area contributed by atoms with Crippen molar-refractivity contribution >= 4 is 44.3 Å². The van der Waals surface area contributed by atoms with E-state index in [-0.39, 0.29) is 17.9 Å². The number of likely N-dealkylation sites (tertiary alicyclic amines) is 1. The Morgan fingerprint density at radius 2 is 1.71 bits per heavy atom. The summed E-state index contributed by atoms with van der Waals surface area (Å²) in [6, 6.07) is 8.90. The van der Waals surface area contributed by atoms with E-state index in [0.29, 0.717) is 10.4 Å². The summed E-state index contributed by atoms with van der Waals surface area (Å²) in [6.07, 6.45) is 0.219. The Hall–Kier alpha value is -2.16. The van der Waals surface area contributed by atoms with Gasteiger partial charge in [-0.05, 0) is 53.8 Å². The van der Waals surface area contributed by atoms with E-state index in [2.05, 4.69) is 0 Å². The second-order valence-corrected chi connectivity index (χ2v) is 11.5. The fourth-order valence-electron chi connectivity index (χ4n) is 3.98. The summed E-state index contributed by atoms with van der Waals surface area (Å²) in [4.78, 5) is 26.7. The Balaban J connectivity index is 1.94. The number of carbonyl (C=O) groups is 2. The number of halogens is 1. The highest BCUT2D eigenvalue weighted by molar-refractivity contribution is 7.89. The van der Waals surface area contributed by atoms with Crippen LogP contribution >= 0.6 is 11.6 Å². The van der Waals surface area contributed by atoms with Gasteiger partial charge in [0, 0.05) is 18.6 Å². The number of fused-ring (bicyclic) bond motifs is 1. The van der Waals surface area contributed by atoms with E-state index in [0.717, 1.165) is 9.69 Å². The van der Waals surface area contributed by atoms with E-state index in [1.807, 2.05) is 0 Å². The fraction of sp³-hybridized carbons (Fsp3) is 0.455. The van der Waals surface area contributed by atoms with E-state index in [9.17, 15) is 23.1 Å². The number of hydrogen-bond acceptors (Lipinski definition) is 4. The van der Waals surface area contributed by atoms with Crippen LogP contribution in [0, 0.1) is 5.41 Å². The molecule has 31 heavy (non-hydrogen) atoms. The molecule has 0 aliphatic carbocycles. The minimum absolute atomic E-state index is 0.0629. The summed E-state index contributed by atoms with van der Waals surface area (Å²) in [6.45, 7) is 6.94. The third-order valence-electron chi connectivity index (χ3n) is 6.48. The van der Waals surface area contributed by atoms with Crippen LogP contribution in [0.25, 0.3) is 10.8 Å². The van der Waals surface area contributed by atoms with E-state index in [1.165, 1.54) is 24.9 Å². The van der Waals surface area contributed by atoms with Crippen LogP contribution in [-0.4, -0.2) is 59.8 Å². The van der Waals surface area contributed by atoms with Gasteiger partial charge in [0.05, 0.1) is 4.90 Å². The van der Waals surface area contributed by atoms with Gasteiger partial charge in [-0.1, -0.05) is 44.5 Å². The molecule has 1 amide bonds. The Morgan fingerprint density at radius 1 is 1.13 bits per heavy atom. The third kappa shape index (κ3) is 3.81. The van der Waals surface area contributed by atoms with E-state index in [4.69, 9.17) is 11.6 Å². The molecule has 1 N–H and O–H groups in total. The van der Waals surface area contributed by atoms with Crippen molar-refractivity contribution in [2.75, 3.05) is 13.6 Å². The fourth-order valence-corrected chi connectivity index (χ4v) is 5.54. The van der Waals surface area contributed by atoms with Gasteiger partial charge in [-0.2, -0.15) is 4.31 Å². The molecule has 1 saturated heterocycles. The first-order valence-corrected chi connectivity index (χ1v) is 11.8. The molecule has 0 aromatic heterocycles. The molecule has 168 valence electrons. The predicted octanol–water partition coefficient (Wildman–Crippen LogP) is 3.60. The predicted molar refractivity (Wildman–Crippen MR) is 120 cm³/mol. The summed E-state index contributed by atoms with van der Waals surface area (Å²) in [5.41, 5.74) is -2.22. The lowest BCUT2D eigenvalue weighted by molar-refractivity contribution is -0.164. The van der Waals surface area contributed by atoms with Crippen molar-refractivity contribution in [3.8, 4) is 0 Å². The number of rotatable bonds is 5. The number of amides is 1. The van der Waals surface area contributed by atoms with Crippen molar-refractivity contribution in [1.82, 2.24) is 9.21 Å². The summed E-state index contributed by atoms with van der Waals surface area (Å²) >= 11 is 6.00. The van der Waals surface area contributed by atoms with Gasteiger partial charge in [-0.15, -0.1) is 0 Å². The standard InChI is InChI=1S/C22H27ClN2O5S/c1-21(2,3)22(4,20(27)28)25-11-10-18(19(25)26)24(5)31(29,30)17-9-7-14-12-16(23)8-6-15(14)13-17/h6-9,12-13,18H,10-11H2,1-5H3,(H,27,28)/t18-,22+/m1/s1. The minimum atomic E-state index is -3.98. The van der Waals surface area contributed by atoms with Crippen LogP contribution in [0.1, 0.15) is 34.1 Å². The first-order chi connectivity index (χ1) is 14.2. The lowest BCUT2D eigenvalue weighted by atomic mass is 9.73. The first-order valence-electron chi connectivity index (χ1n) is 9.93. The maximum absolute atomic E-state index is 13.3. The molecule has 1 aliphatic heterocycles. The van der Waals surface area contributed by atoms with Gasteiger partial charge in [0.15, 0.2) is 0 Å². The first kappa shape index (κ1) is 23.5. The lowest BCUT2D eigenvalue weighted by Crippen LogP contribution is -2.62. The van der Waals surface area contributed by atoms with E-state index in [1.54, 1.807) is 51.1 Å². The molecule has 2 aromatic carbocycles. The smallest absolute Gasteiger partial charge is 0.329 e. The maximum atomic E-state index is 13.3. The highest BCUT2D eigenvalue weighted by atomic mass is 35.5. The zero-order valence-corrected chi connectivity index (χ0v) is 19.8. The largest absolute Gasteiger partial charge is 0.479 e. The second kappa shape index (κ2) is 7.76. The van der Waals surface area contributed by atoms with Crippen LogP contribution in [-0.2, 0) is 19.6 Å². The minimum Gasteiger partial charge on any atom is -0.479 e. The maximum Gasteiger partial charge on any atom is 0.329 e. The van der Waals surface area contributed by atoms with Gasteiger partial charge < -0.3 is 10.0 Å². The number of likely N-dealkylation sites (N-methyl/N-ethyl adjacent to an activating group) is 1.